The summed E-state index contributed by atoms with van der Waals surface area (Å²) in [6, 6.07) is 26.3. The van der Waals surface area contributed by atoms with E-state index in [1.165, 1.54) is 19.3 Å². The Hall–Kier alpha value is -3.82. The van der Waals surface area contributed by atoms with E-state index in [0.29, 0.717) is 47.9 Å². The van der Waals surface area contributed by atoms with Crippen molar-refractivity contribution in [3.8, 4) is 17.6 Å². The first-order chi connectivity index (χ1) is 19.5. The minimum absolute atomic E-state index is 0.128. The van der Waals surface area contributed by atoms with E-state index in [4.69, 9.17) is 9.47 Å². The van der Waals surface area contributed by atoms with Crippen molar-refractivity contribution < 1.29 is 14.3 Å². The maximum absolute atomic E-state index is 14.0. The number of anilines is 1. The quantitative estimate of drug-likeness (QED) is 0.260. The first-order valence-electron chi connectivity index (χ1n) is 14.6. The normalized spacial score (nSPS) is 20.9. The highest BCUT2D eigenvalue weighted by atomic mass is 16.5. The van der Waals surface area contributed by atoms with Crippen LogP contribution in [-0.2, 0) is 11.4 Å². The molecule has 6 heteroatoms. The first kappa shape index (κ1) is 27.7. The lowest BCUT2D eigenvalue weighted by atomic mass is 9.97. The lowest BCUT2D eigenvalue weighted by Crippen LogP contribution is -2.44. The second kappa shape index (κ2) is 13.0. The maximum Gasteiger partial charge on any atom is 0.273 e. The molecule has 208 valence electrons. The standard InChI is InChI=1S/C34H39N3O3/c1-25-12-11-13-26(2)36(25)20-9-4-10-21-37-30-16-7-8-17-32(30)40-33(34(37)38)29-22-28(23-35)18-19-31(29)39-24-27-14-5-3-6-15-27/h3,5-8,14-19,22,25-26,33H,4,9-13,20-21,24H2,1-2H3. The fraction of sp³-hybridized carbons (Fsp3) is 0.412. The number of nitriles is 1. The second-order valence-corrected chi connectivity index (χ2v) is 11.0. The molecule has 5 rings (SSSR count). The predicted octanol–water partition coefficient (Wildman–Crippen LogP) is 7.04. The lowest BCUT2D eigenvalue weighted by molar-refractivity contribution is -0.126. The lowest BCUT2D eigenvalue weighted by Gasteiger charge is -2.39. The molecule has 0 N–H and O–H groups in total. The van der Waals surface area contributed by atoms with Gasteiger partial charge in [0.05, 0.1) is 17.3 Å². The number of benzene rings is 3. The third-order valence-electron chi connectivity index (χ3n) is 8.22. The zero-order valence-electron chi connectivity index (χ0n) is 23.6. The van der Waals surface area contributed by atoms with Crippen molar-refractivity contribution in [1.82, 2.24) is 4.90 Å². The van der Waals surface area contributed by atoms with E-state index < -0.39 is 6.10 Å². The van der Waals surface area contributed by atoms with Crippen LogP contribution in [0.25, 0.3) is 0 Å². The minimum atomic E-state index is -0.885. The Morgan fingerprint density at radius 2 is 1.65 bits per heavy atom. The molecule has 0 saturated carbocycles. The number of amides is 1. The van der Waals surface area contributed by atoms with Crippen LogP contribution in [0.5, 0.6) is 11.5 Å². The van der Waals surface area contributed by atoms with Gasteiger partial charge in [0, 0.05) is 24.2 Å². The highest BCUT2D eigenvalue weighted by molar-refractivity contribution is 6.01. The average Bonchev–Trinajstić information content (AvgIpc) is 2.98. The smallest absolute Gasteiger partial charge is 0.273 e. The minimum Gasteiger partial charge on any atom is -0.488 e. The summed E-state index contributed by atoms with van der Waals surface area (Å²) >= 11 is 0. The Morgan fingerprint density at radius 1 is 0.925 bits per heavy atom. The van der Waals surface area contributed by atoms with Gasteiger partial charge >= 0.3 is 0 Å². The number of likely N-dealkylation sites (tertiary alicyclic amines) is 1. The number of fused-ring (bicyclic) bond motifs is 1. The summed E-state index contributed by atoms with van der Waals surface area (Å²) in [7, 11) is 0. The number of carbonyl (C=O) groups excluding carboxylic acids is 1. The van der Waals surface area contributed by atoms with Crippen LogP contribution >= 0.6 is 0 Å². The number of ether oxygens (including phenoxy) is 2. The summed E-state index contributed by atoms with van der Waals surface area (Å²) < 4.78 is 12.5. The van der Waals surface area contributed by atoms with Crippen molar-refractivity contribution in [3.63, 3.8) is 0 Å². The maximum atomic E-state index is 14.0. The predicted molar refractivity (Wildman–Crippen MR) is 157 cm³/mol. The van der Waals surface area contributed by atoms with Crippen LogP contribution in [0.3, 0.4) is 0 Å². The molecule has 3 aromatic rings. The van der Waals surface area contributed by atoms with Gasteiger partial charge in [-0.1, -0.05) is 55.3 Å². The van der Waals surface area contributed by atoms with Crippen molar-refractivity contribution in [2.45, 2.75) is 77.2 Å². The van der Waals surface area contributed by atoms with Gasteiger partial charge in [-0.3, -0.25) is 9.69 Å². The topological polar surface area (TPSA) is 65.8 Å². The van der Waals surface area contributed by atoms with Crippen LogP contribution in [0.15, 0.2) is 72.8 Å². The number of hydrogen-bond donors (Lipinski definition) is 0. The first-order valence-corrected chi connectivity index (χ1v) is 14.6. The average molecular weight is 538 g/mol. The Morgan fingerprint density at radius 3 is 2.42 bits per heavy atom. The number of hydrogen-bond acceptors (Lipinski definition) is 5. The summed E-state index contributed by atoms with van der Waals surface area (Å²) in [6.45, 7) is 6.78. The van der Waals surface area contributed by atoms with Gasteiger partial charge in [0.2, 0.25) is 6.10 Å². The SMILES string of the molecule is CC1CCCC(C)N1CCCCCN1C(=O)C(c2cc(C#N)ccc2OCc2ccccc2)Oc2ccccc21. The van der Waals surface area contributed by atoms with Gasteiger partial charge in [0.15, 0.2) is 0 Å². The molecule has 0 bridgehead atoms. The van der Waals surface area contributed by atoms with Crippen molar-refractivity contribution in [2.24, 2.45) is 0 Å². The van der Waals surface area contributed by atoms with Gasteiger partial charge in [0.1, 0.15) is 18.1 Å². The van der Waals surface area contributed by atoms with Crippen LogP contribution in [0, 0.1) is 11.3 Å². The van der Waals surface area contributed by atoms with Crippen LogP contribution in [0.1, 0.15) is 75.2 Å². The summed E-state index contributed by atoms with van der Waals surface area (Å²) in [5.74, 6) is 1.08. The fourth-order valence-corrected chi connectivity index (χ4v) is 5.99. The van der Waals surface area contributed by atoms with Gasteiger partial charge < -0.3 is 14.4 Å². The van der Waals surface area contributed by atoms with Gasteiger partial charge in [-0.05, 0) is 82.0 Å². The molecule has 0 aliphatic carbocycles. The van der Waals surface area contributed by atoms with Crippen LogP contribution < -0.4 is 14.4 Å². The molecule has 3 unspecified atom stereocenters. The van der Waals surface area contributed by atoms with Crippen molar-refractivity contribution in [2.75, 3.05) is 18.0 Å². The number of nitrogens with zero attached hydrogens (tertiary/aromatic N) is 3. The Balaban J connectivity index is 1.31. The summed E-state index contributed by atoms with van der Waals surface area (Å²) in [5, 5.41) is 9.60. The molecule has 3 atom stereocenters. The highest BCUT2D eigenvalue weighted by Crippen LogP contribution is 2.41. The van der Waals surface area contributed by atoms with E-state index in [9.17, 15) is 10.1 Å². The summed E-state index contributed by atoms with van der Waals surface area (Å²) in [4.78, 5) is 18.5. The molecule has 1 fully saturated rings. The number of unbranched alkanes of at least 4 members (excludes halogenated alkanes) is 2. The van der Waals surface area contributed by atoms with E-state index in [0.717, 1.165) is 37.1 Å². The molecule has 0 radical (unpaired) electrons. The van der Waals surface area contributed by atoms with Crippen molar-refractivity contribution >= 4 is 11.6 Å². The molecule has 1 amide bonds. The number of para-hydroxylation sites is 2. The third-order valence-corrected chi connectivity index (χ3v) is 8.22. The number of piperidine rings is 1. The molecule has 2 aliphatic rings. The van der Waals surface area contributed by atoms with E-state index in [1.54, 1.807) is 18.2 Å². The molecule has 2 heterocycles. The molecule has 6 nitrogen and oxygen atoms in total. The van der Waals surface area contributed by atoms with Gasteiger partial charge in [-0.15, -0.1) is 0 Å². The fourth-order valence-electron chi connectivity index (χ4n) is 5.99. The number of carbonyl (C=O) groups is 1. The monoisotopic (exact) mass is 537 g/mol. The Labute approximate surface area is 238 Å². The molecule has 3 aromatic carbocycles. The molecular formula is C34H39N3O3. The number of rotatable bonds is 10. The molecular weight excluding hydrogens is 498 g/mol. The molecule has 0 spiro atoms. The second-order valence-electron chi connectivity index (χ2n) is 11.0. The van der Waals surface area contributed by atoms with Crippen LogP contribution in [0.2, 0.25) is 0 Å². The van der Waals surface area contributed by atoms with E-state index in [1.807, 2.05) is 59.5 Å². The van der Waals surface area contributed by atoms with Gasteiger partial charge in [-0.25, -0.2) is 0 Å². The molecule has 2 aliphatic heterocycles. The summed E-state index contributed by atoms with van der Waals surface area (Å²) in [6.07, 6.45) is 6.12. The van der Waals surface area contributed by atoms with Crippen LogP contribution in [-0.4, -0.2) is 36.0 Å². The van der Waals surface area contributed by atoms with Gasteiger partial charge in [0.25, 0.3) is 5.91 Å². The largest absolute Gasteiger partial charge is 0.488 e. The van der Waals surface area contributed by atoms with Gasteiger partial charge in [-0.2, -0.15) is 5.26 Å². The van der Waals surface area contributed by atoms with E-state index in [2.05, 4.69) is 24.8 Å². The zero-order chi connectivity index (χ0) is 27.9. The van der Waals surface area contributed by atoms with Crippen molar-refractivity contribution in [1.29, 1.82) is 5.26 Å². The third kappa shape index (κ3) is 6.32. The van der Waals surface area contributed by atoms with Crippen molar-refractivity contribution in [3.05, 3.63) is 89.5 Å². The Kier molecular flexibility index (Phi) is 9.03. The Bertz CT molecular complexity index is 1330. The van der Waals surface area contributed by atoms with Crippen LogP contribution in [0.4, 0.5) is 5.69 Å². The summed E-state index contributed by atoms with van der Waals surface area (Å²) in [5.41, 5.74) is 2.86. The molecule has 1 saturated heterocycles. The van der Waals surface area contributed by atoms with E-state index in [-0.39, 0.29) is 5.91 Å². The molecule has 40 heavy (non-hydrogen) atoms. The molecule has 0 aromatic heterocycles. The highest BCUT2D eigenvalue weighted by Gasteiger charge is 2.37. The zero-order valence-corrected chi connectivity index (χ0v) is 23.6. The van der Waals surface area contributed by atoms with E-state index >= 15 is 0 Å².